The predicted octanol–water partition coefficient (Wildman–Crippen LogP) is 1.93. The van der Waals surface area contributed by atoms with Crippen LogP contribution in [0.25, 0.3) is 0 Å². The highest BCUT2D eigenvalue weighted by atomic mass is 16.5. The Morgan fingerprint density at radius 2 is 2.07 bits per heavy atom. The Kier molecular flexibility index (Phi) is 8.33. The van der Waals surface area contributed by atoms with Crippen molar-refractivity contribution in [1.82, 2.24) is 0 Å². The number of carbonyl (C=O) groups is 1. The number of carboxylic acid groups (broad SMARTS) is 1. The highest BCUT2D eigenvalue weighted by Gasteiger charge is 2.16. The second-order valence-corrected chi connectivity index (χ2v) is 3.89. The summed E-state index contributed by atoms with van der Waals surface area (Å²) in [6, 6.07) is 0. The third kappa shape index (κ3) is 8.39. The van der Waals surface area contributed by atoms with Crippen molar-refractivity contribution in [2.24, 2.45) is 5.92 Å². The third-order valence-corrected chi connectivity index (χ3v) is 1.98. The molecule has 0 aliphatic heterocycles. The van der Waals surface area contributed by atoms with E-state index < -0.39 is 12.1 Å². The molecule has 0 aromatic carbocycles. The maximum Gasteiger partial charge on any atom is 0.335 e. The van der Waals surface area contributed by atoms with Gasteiger partial charge in [-0.3, -0.25) is 0 Å². The monoisotopic (exact) mass is 218 g/mol. The van der Waals surface area contributed by atoms with Crippen LogP contribution < -0.4 is 0 Å². The summed E-state index contributed by atoms with van der Waals surface area (Å²) in [6.07, 6.45) is 1.25. The lowest BCUT2D eigenvalue weighted by molar-refractivity contribution is -0.154. The molecule has 0 fully saturated rings. The molecule has 1 atom stereocenters. The second-order valence-electron chi connectivity index (χ2n) is 3.89. The van der Waals surface area contributed by atoms with Crippen LogP contribution in [0.3, 0.4) is 0 Å². The maximum absolute atomic E-state index is 10.7. The van der Waals surface area contributed by atoms with Gasteiger partial charge in [0.05, 0.1) is 6.61 Å². The van der Waals surface area contributed by atoms with Crippen molar-refractivity contribution in [2.75, 3.05) is 19.8 Å². The van der Waals surface area contributed by atoms with Crippen molar-refractivity contribution >= 4 is 5.97 Å². The largest absolute Gasteiger partial charge is 0.479 e. The molecule has 0 saturated heterocycles. The van der Waals surface area contributed by atoms with E-state index in [4.69, 9.17) is 14.6 Å². The van der Waals surface area contributed by atoms with Crippen LogP contribution in [-0.2, 0) is 14.3 Å². The molecule has 4 nitrogen and oxygen atoms in total. The number of carboxylic acids is 1. The van der Waals surface area contributed by atoms with Crippen LogP contribution in [0.15, 0.2) is 0 Å². The Balaban J connectivity index is 3.49. The molecule has 0 saturated carbocycles. The van der Waals surface area contributed by atoms with E-state index >= 15 is 0 Å². The summed E-state index contributed by atoms with van der Waals surface area (Å²) in [5.41, 5.74) is 0. The minimum atomic E-state index is -0.958. The molecule has 0 aliphatic carbocycles. The SMILES string of the molecule is CCOC(COCCCC(C)C)C(=O)O. The zero-order valence-electron chi connectivity index (χ0n) is 9.86. The van der Waals surface area contributed by atoms with E-state index in [0.717, 1.165) is 12.8 Å². The summed E-state index contributed by atoms with van der Waals surface area (Å²) in [5.74, 6) is -0.295. The summed E-state index contributed by atoms with van der Waals surface area (Å²) >= 11 is 0. The number of ether oxygens (including phenoxy) is 2. The van der Waals surface area contributed by atoms with Crippen LogP contribution in [0, 0.1) is 5.92 Å². The van der Waals surface area contributed by atoms with E-state index in [2.05, 4.69) is 13.8 Å². The molecule has 0 bridgehead atoms. The average Bonchev–Trinajstić information content (AvgIpc) is 2.15. The lowest BCUT2D eigenvalue weighted by atomic mass is 10.1. The topological polar surface area (TPSA) is 55.8 Å². The fourth-order valence-corrected chi connectivity index (χ4v) is 1.18. The van der Waals surface area contributed by atoms with Gasteiger partial charge < -0.3 is 14.6 Å². The fourth-order valence-electron chi connectivity index (χ4n) is 1.18. The van der Waals surface area contributed by atoms with Gasteiger partial charge in [0.25, 0.3) is 0 Å². The van der Waals surface area contributed by atoms with Crippen molar-refractivity contribution in [2.45, 2.75) is 39.7 Å². The van der Waals surface area contributed by atoms with E-state index in [-0.39, 0.29) is 6.61 Å². The van der Waals surface area contributed by atoms with Gasteiger partial charge in [0.1, 0.15) is 0 Å². The Hall–Kier alpha value is -0.610. The molecule has 15 heavy (non-hydrogen) atoms. The highest BCUT2D eigenvalue weighted by Crippen LogP contribution is 2.03. The van der Waals surface area contributed by atoms with Crippen molar-refractivity contribution < 1.29 is 19.4 Å². The van der Waals surface area contributed by atoms with Gasteiger partial charge >= 0.3 is 5.97 Å². The molecule has 0 heterocycles. The lowest BCUT2D eigenvalue weighted by Crippen LogP contribution is -2.29. The number of rotatable bonds is 9. The minimum Gasteiger partial charge on any atom is -0.479 e. The van der Waals surface area contributed by atoms with Gasteiger partial charge in [-0.05, 0) is 25.7 Å². The molecular formula is C11H22O4. The zero-order chi connectivity index (χ0) is 11.7. The van der Waals surface area contributed by atoms with Gasteiger partial charge in [0, 0.05) is 13.2 Å². The van der Waals surface area contributed by atoms with Crippen LogP contribution in [0.5, 0.6) is 0 Å². The van der Waals surface area contributed by atoms with Gasteiger partial charge in [-0.2, -0.15) is 0 Å². The minimum absolute atomic E-state index is 0.140. The summed E-state index contributed by atoms with van der Waals surface area (Å²) in [4.78, 5) is 10.7. The second kappa shape index (κ2) is 8.68. The molecule has 0 spiro atoms. The molecule has 0 aliphatic rings. The van der Waals surface area contributed by atoms with Gasteiger partial charge in [0.15, 0.2) is 6.10 Å². The molecule has 1 unspecified atom stereocenters. The van der Waals surface area contributed by atoms with Gasteiger partial charge in [0.2, 0.25) is 0 Å². The van der Waals surface area contributed by atoms with Crippen LogP contribution in [0.4, 0.5) is 0 Å². The Morgan fingerprint density at radius 1 is 1.40 bits per heavy atom. The van der Waals surface area contributed by atoms with Crippen LogP contribution in [0.1, 0.15) is 33.6 Å². The lowest BCUT2D eigenvalue weighted by Gasteiger charge is -2.12. The quantitative estimate of drug-likeness (QED) is 0.601. The molecule has 0 radical (unpaired) electrons. The van der Waals surface area contributed by atoms with Gasteiger partial charge in [-0.1, -0.05) is 13.8 Å². The number of aliphatic carboxylic acids is 1. The standard InChI is InChI=1S/C11H22O4/c1-4-15-10(11(12)13)8-14-7-5-6-9(2)3/h9-10H,4-8H2,1-3H3,(H,12,13). The Labute approximate surface area is 91.6 Å². The molecular weight excluding hydrogens is 196 g/mol. The first-order valence-corrected chi connectivity index (χ1v) is 5.50. The van der Waals surface area contributed by atoms with E-state index in [1.807, 2.05) is 0 Å². The first-order valence-electron chi connectivity index (χ1n) is 5.50. The average molecular weight is 218 g/mol. The van der Waals surface area contributed by atoms with E-state index in [0.29, 0.717) is 19.1 Å². The molecule has 0 rings (SSSR count). The van der Waals surface area contributed by atoms with Crippen molar-refractivity contribution in [1.29, 1.82) is 0 Å². The molecule has 0 aromatic rings. The zero-order valence-corrected chi connectivity index (χ0v) is 9.86. The first kappa shape index (κ1) is 14.4. The summed E-state index contributed by atoms with van der Waals surface area (Å²) < 4.78 is 10.3. The van der Waals surface area contributed by atoms with Gasteiger partial charge in [-0.15, -0.1) is 0 Å². The fraction of sp³-hybridized carbons (Fsp3) is 0.909. The summed E-state index contributed by atoms with van der Waals surface area (Å²) in [7, 11) is 0. The van der Waals surface area contributed by atoms with Crippen LogP contribution >= 0.6 is 0 Å². The van der Waals surface area contributed by atoms with E-state index in [1.165, 1.54) is 0 Å². The van der Waals surface area contributed by atoms with E-state index in [1.54, 1.807) is 6.92 Å². The van der Waals surface area contributed by atoms with E-state index in [9.17, 15) is 4.79 Å². The van der Waals surface area contributed by atoms with Crippen LogP contribution in [-0.4, -0.2) is 37.0 Å². The number of hydrogen-bond acceptors (Lipinski definition) is 3. The smallest absolute Gasteiger partial charge is 0.335 e. The normalized spacial score (nSPS) is 13.1. The molecule has 4 heteroatoms. The maximum atomic E-state index is 10.7. The van der Waals surface area contributed by atoms with Crippen LogP contribution in [0.2, 0.25) is 0 Å². The number of hydrogen-bond donors (Lipinski definition) is 1. The third-order valence-electron chi connectivity index (χ3n) is 1.98. The van der Waals surface area contributed by atoms with Gasteiger partial charge in [-0.25, -0.2) is 4.79 Å². The van der Waals surface area contributed by atoms with Crippen molar-refractivity contribution in [3.05, 3.63) is 0 Å². The Bertz CT molecular complexity index is 168. The van der Waals surface area contributed by atoms with Crippen molar-refractivity contribution in [3.8, 4) is 0 Å². The highest BCUT2D eigenvalue weighted by molar-refractivity contribution is 5.72. The molecule has 1 N–H and O–H groups in total. The predicted molar refractivity (Wildman–Crippen MR) is 57.9 cm³/mol. The molecule has 0 aromatic heterocycles. The Morgan fingerprint density at radius 3 is 2.53 bits per heavy atom. The first-order chi connectivity index (χ1) is 7.07. The summed E-state index contributed by atoms with van der Waals surface area (Å²) in [5, 5.41) is 8.74. The molecule has 90 valence electrons. The van der Waals surface area contributed by atoms with Crippen molar-refractivity contribution in [3.63, 3.8) is 0 Å². The molecule has 0 amide bonds. The summed E-state index contributed by atoms with van der Waals surface area (Å²) in [6.45, 7) is 7.22.